The molecule has 2 unspecified atom stereocenters. The highest BCUT2D eigenvalue weighted by Crippen LogP contribution is 2.65. The molecule has 2 atom stereocenters. The van der Waals surface area contributed by atoms with Crippen LogP contribution in [0, 0.1) is 17.3 Å². The Balaban J connectivity index is 1.83. The van der Waals surface area contributed by atoms with E-state index in [9.17, 15) is 9.90 Å². The first-order valence-corrected chi connectivity index (χ1v) is 8.06. The van der Waals surface area contributed by atoms with Crippen molar-refractivity contribution in [2.75, 3.05) is 6.61 Å². The van der Waals surface area contributed by atoms with Crippen LogP contribution in [-0.4, -0.2) is 17.6 Å². The van der Waals surface area contributed by atoms with Gasteiger partial charge in [0.15, 0.2) is 0 Å². The van der Waals surface area contributed by atoms with Gasteiger partial charge in [0, 0.05) is 12.2 Å². The Hall–Kier alpha value is -1.35. The zero-order valence-electron chi connectivity index (χ0n) is 12.3. The van der Waals surface area contributed by atoms with Crippen molar-refractivity contribution in [1.29, 1.82) is 0 Å². The number of carbonyl (C=O) groups is 1. The zero-order valence-corrected chi connectivity index (χ0v) is 12.3. The van der Waals surface area contributed by atoms with Gasteiger partial charge in [-0.05, 0) is 72.8 Å². The average molecular weight is 285 g/mol. The number of primary amides is 1. The number of hydrogen-bond acceptors (Lipinski definition) is 2. The lowest BCUT2D eigenvalue weighted by atomic mass is 9.43. The van der Waals surface area contributed by atoms with Crippen LogP contribution in [0.25, 0.3) is 0 Å². The summed E-state index contributed by atoms with van der Waals surface area (Å²) in [5, 5.41) is 9.98. The van der Waals surface area contributed by atoms with E-state index in [1.54, 1.807) is 0 Å². The molecule has 1 aromatic carbocycles. The number of hydrogen-bond donors (Lipinski definition) is 2. The third-order valence-electron chi connectivity index (χ3n) is 6.28. The molecule has 4 fully saturated rings. The topological polar surface area (TPSA) is 63.3 Å². The molecule has 3 N–H and O–H groups in total. The van der Waals surface area contributed by atoms with E-state index in [4.69, 9.17) is 5.73 Å². The first kappa shape index (κ1) is 13.3. The molecule has 3 nitrogen and oxygen atoms in total. The Bertz CT molecular complexity index is 581. The second-order valence-electron chi connectivity index (χ2n) is 7.81. The molecule has 0 spiro atoms. The molecule has 4 aliphatic rings. The minimum atomic E-state index is -0.320. The molecule has 4 aliphatic carbocycles. The van der Waals surface area contributed by atoms with Gasteiger partial charge in [-0.25, -0.2) is 0 Å². The maximum Gasteiger partial charge on any atom is 0.248 e. The summed E-state index contributed by atoms with van der Waals surface area (Å²) >= 11 is 0. The third kappa shape index (κ3) is 1.87. The number of carbonyl (C=O) groups excluding carboxylic acids is 1. The fraction of sp³-hybridized carbons (Fsp3) is 0.611. The van der Waals surface area contributed by atoms with Crippen LogP contribution in [0.1, 0.15) is 54.4 Å². The summed E-state index contributed by atoms with van der Waals surface area (Å²) in [5.74, 6) is 1.10. The summed E-state index contributed by atoms with van der Waals surface area (Å²) in [4.78, 5) is 11.8. The lowest BCUT2D eigenvalue weighted by Gasteiger charge is -2.62. The molecule has 5 rings (SSSR count). The van der Waals surface area contributed by atoms with Gasteiger partial charge in [0.1, 0.15) is 0 Å². The second kappa shape index (κ2) is 4.33. The zero-order chi connectivity index (χ0) is 14.7. The van der Waals surface area contributed by atoms with Crippen molar-refractivity contribution in [3.8, 4) is 0 Å². The molecule has 0 saturated heterocycles. The minimum Gasteiger partial charge on any atom is -0.396 e. The van der Waals surface area contributed by atoms with Gasteiger partial charge in [-0.15, -0.1) is 0 Å². The van der Waals surface area contributed by atoms with Crippen molar-refractivity contribution in [1.82, 2.24) is 0 Å². The Morgan fingerprint density at radius 3 is 2.48 bits per heavy atom. The number of aliphatic hydroxyl groups is 1. The van der Waals surface area contributed by atoms with Gasteiger partial charge in [0.2, 0.25) is 5.91 Å². The van der Waals surface area contributed by atoms with Crippen molar-refractivity contribution in [3.63, 3.8) is 0 Å². The van der Waals surface area contributed by atoms with E-state index in [0.29, 0.717) is 24.0 Å². The highest BCUT2D eigenvalue weighted by atomic mass is 16.3. The number of aliphatic hydroxyl groups excluding tert-OH is 1. The van der Waals surface area contributed by atoms with Gasteiger partial charge in [0.25, 0.3) is 0 Å². The summed E-state index contributed by atoms with van der Waals surface area (Å²) in [5.41, 5.74) is 7.60. The summed E-state index contributed by atoms with van der Waals surface area (Å²) in [6.07, 6.45) is 6.99. The fourth-order valence-corrected chi connectivity index (χ4v) is 6.11. The van der Waals surface area contributed by atoms with Gasteiger partial charge >= 0.3 is 0 Å². The van der Waals surface area contributed by atoms with Crippen molar-refractivity contribution >= 4 is 5.91 Å². The van der Waals surface area contributed by atoms with E-state index in [-0.39, 0.29) is 16.7 Å². The highest BCUT2D eigenvalue weighted by Gasteiger charge is 2.58. The number of benzene rings is 1. The molecule has 4 saturated carbocycles. The standard InChI is InChI=1S/C18H23NO2/c19-16(21)14-3-1-2-4-15(14)18-8-12-5-13(9-18)7-17(6-12,10-18)11-20/h1-4,12-13,20H,5-11H2,(H2,19,21). The van der Waals surface area contributed by atoms with E-state index >= 15 is 0 Å². The molecular formula is C18H23NO2. The largest absolute Gasteiger partial charge is 0.396 e. The van der Waals surface area contributed by atoms with E-state index in [1.807, 2.05) is 18.2 Å². The molecular weight excluding hydrogens is 262 g/mol. The molecule has 0 heterocycles. The van der Waals surface area contributed by atoms with Gasteiger partial charge in [0.05, 0.1) is 0 Å². The Kier molecular flexibility index (Phi) is 2.74. The van der Waals surface area contributed by atoms with Crippen LogP contribution in [0.15, 0.2) is 24.3 Å². The normalized spacial score (nSPS) is 40.4. The smallest absolute Gasteiger partial charge is 0.248 e. The molecule has 3 heteroatoms. The van der Waals surface area contributed by atoms with E-state index in [0.717, 1.165) is 24.8 Å². The summed E-state index contributed by atoms with van der Waals surface area (Å²) in [7, 11) is 0. The first-order valence-electron chi connectivity index (χ1n) is 8.06. The van der Waals surface area contributed by atoms with Gasteiger partial charge < -0.3 is 10.8 Å². The lowest BCUT2D eigenvalue weighted by Crippen LogP contribution is -2.55. The number of nitrogens with two attached hydrogens (primary N) is 1. The van der Waals surface area contributed by atoms with Crippen LogP contribution in [0.2, 0.25) is 0 Å². The van der Waals surface area contributed by atoms with E-state index < -0.39 is 0 Å². The van der Waals surface area contributed by atoms with Gasteiger partial charge in [-0.3, -0.25) is 4.79 Å². The fourth-order valence-electron chi connectivity index (χ4n) is 6.11. The number of rotatable bonds is 3. The molecule has 1 amide bonds. The molecule has 0 aliphatic heterocycles. The Morgan fingerprint density at radius 1 is 1.19 bits per heavy atom. The number of amides is 1. The average Bonchev–Trinajstić information content (AvgIpc) is 2.46. The Labute approximate surface area is 125 Å². The summed E-state index contributed by atoms with van der Waals surface area (Å²) < 4.78 is 0. The molecule has 0 aromatic heterocycles. The van der Waals surface area contributed by atoms with Crippen LogP contribution in [-0.2, 0) is 5.41 Å². The van der Waals surface area contributed by atoms with Crippen LogP contribution in [0.5, 0.6) is 0 Å². The summed E-state index contributed by atoms with van der Waals surface area (Å²) in [6, 6.07) is 7.87. The second-order valence-corrected chi connectivity index (χ2v) is 7.81. The molecule has 21 heavy (non-hydrogen) atoms. The molecule has 112 valence electrons. The molecule has 0 radical (unpaired) electrons. The molecule has 4 bridgehead atoms. The van der Waals surface area contributed by atoms with E-state index in [2.05, 4.69) is 6.07 Å². The van der Waals surface area contributed by atoms with Crippen molar-refractivity contribution in [2.45, 2.75) is 43.9 Å². The molecule has 1 aromatic rings. The van der Waals surface area contributed by atoms with Crippen molar-refractivity contribution in [2.24, 2.45) is 23.0 Å². The quantitative estimate of drug-likeness (QED) is 0.896. The van der Waals surface area contributed by atoms with E-state index in [1.165, 1.54) is 19.3 Å². The van der Waals surface area contributed by atoms with Crippen LogP contribution in [0.3, 0.4) is 0 Å². The highest BCUT2D eigenvalue weighted by molar-refractivity contribution is 5.94. The maximum absolute atomic E-state index is 11.8. The van der Waals surface area contributed by atoms with Crippen molar-refractivity contribution in [3.05, 3.63) is 35.4 Å². The van der Waals surface area contributed by atoms with Crippen LogP contribution >= 0.6 is 0 Å². The minimum absolute atomic E-state index is 0.0679. The predicted molar refractivity (Wildman–Crippen MR) is 80.8 cm³/mol. The third-order valence-corrected chi connectivity index (χ3v) is 6.28. The monoisotopic (exact) mass is 285 g/mol. The van der Waals surface area contributed by atoms with Crippen LogP contribution in [0.4, 0.5) is 0 Å². The maximum atomic E-state index is 11.8. The van der Waals surface area contributed by atoms with Gasteiger partial charge in [-0.1, -0.05) is 18.2 Å². The predicted octanol–water partition coefficient (Wildman–Crippen LogP) is 2.62. The van der Waals surface area contributed by atoms with Gasteiger partial charge in [-0.2, -0.15) is 0 Å². The Morgan fingerprint density at radius 2 is 1.86 bits per heavy atom. The van der Waals surface area contributed by atoms with Crippen LogP contribution < -0.4 is 5.73 Å². The van der Waals surface area contributed by atoms with Crippen molar-refractivity contribution < 1.29 is 9.90 Å². The summed E-state index contributed by atoms with van der Waals surface area (Å²) in [6.45, 7) is 0.292. The SMILES string of the molecule is NC(=O)c1ccccc1C12CC3CC(CC(CO)(C3)C1)C2. The lowest BCUT2D eigenvalue weighted by molar-refractivity contribution is -0.0961. The first-order chi connectivity index (χ1) is 10.1.